The van der Waals surface area contributed by atoms with Crippen LogP contribution in [-0.4, -0.2) is 34.7 Å². The van der Waals surface area contributed by atoms with Crippen molar-refractivity contribution in [2.45, 2.75) is 18.4 Å². The zero-order valence-corrected chi connectivity index (χ0v) is 11.7. The molecule has 2 fully saturated rings. The van der Waals surface area contributed by atoms with E-state index in [9.17, 15) is 9.90 Å². The number of halogens is 2. The van der Waals surface area contributed by atoms with E-state index in [2.05, 4.69) is 5.32 Å². The highest BCUT2D eigenvalue weighted by molar-refractivity contribution is 6.42. The maximum absolute atomic E-state index is 11.9. The van der Waals surface area contributed by atoms with E-state index in [1.54, 1.807) is 23.1 Å². The van der Waals surface area contributed by atoms with Gasteiger partial charge >= 0.3 is 6.03 Å². The molecule has 1 aliphatic carbocycles. The first-order valence-electron chi connectivity index (χ1n) is 6.21. The van der Waals surface area contributed by atoms with Crippen LogP contribution in [0.2, 0.25) is 10.0 Å². The number of carbonyl (C=O) groups is 1. The van der Waals surface area contributed by atoms with E-state index in [-0.39, 0.29) is 6.03 Å². The number of urea groups is 1. The number of benzene rings is 1. The molecule has 19 heavy (non-hydrogen) atoms. The van der Waals surface area contributed by atoms with E-state index < -0.39 is 5.60 Å². The molecule has 0 radical (unpaired) electrons. The molecule has 3 rings (SSSR count). The second-order valence-electron chi connectivity index (χ2n) is 5.29. The quantitative estimate of drug-likeness (QED) is 0.882. The predicted octanol–water partition coefficient (Wildman–Crippen LogP) is 2.98. The van der Waals surface area contributed by atoms with Crippen LogP contribution in [0, 0.1) is 5.92 Å². The molecule has 6 heteroatoms. The minimum Gasteiger partial charge on any atom is -0.386 e. The van der Waals surface area contributed by atoms with Crippen LogP contribution in [0.25, 0.3) is 0 Å². The Hall–Kier alpha value is -0.970. The van der Waals surface area contributed by atoms with Crippen molar-refractivity contribution in [1.29, 1.82) is 0 Å². The van der Waals surface area contributed by atoms with E-state index in [1.807, 2.05) is 0 Å². The van der Waals surface area contributed by atoms with E-state index in [0.717, 1.165) is 12.8 Å². The number of hydrogen-bond donors (Lipinski definition) is 2. The predicted molar refractivity (Wildman–Crippen MR) is 74.7 cm³/mol. The lowest BCUT2D eigenvalue weighted by Gasteiger charge is -2.46. The highest BCUT2D eigenvalue weighted by Gasteiger charge is 2.53. The summed E-state index contributed by atoms with van der Waals surface area (Å²) >= 11 is 11.7. The van der Waals surface area contributed by atoms with Gasteiger partial charge in [0.05, 0.1) is 23.1 Å². The van der Waals surface area contributed by atoms with E-state index >= 15 is 0 Å². The van der Waals surface area contributed by atoms with Crippen LogP contribution in [0.3, 0.4) is 0 Å². The van der Waals surface area contributed by atoms with Crippen molar-refractivity contribution in [1.82, 2.24) is 4.90 Å². The lowest BCUT2D eigenvalue weighted by atomic mass is 9.89. The Morgan fingerprint density at radius 3 is 2.58 bits per heavy atom. The fourth-order valence-electron chi connectivity index (χ4n) is 2.41. The van der Waals surface area contributed by atoms with Crippen LogP contribution in [0.4, 0.5) is 10.5 Å². The summed E-state index contributed by atoms with van der Waals surface area (Å²) in [6.45, 7) is 0.815. The van der Waals surface area contributed by atoms with Gasteiger partial charge in [0.25, 0.3) is 0 Å². The third kappa shape index (κ3) is 2.53. The Morgan fingerprint density at radius 2 is 2.00 bits per heavy atom. The molecule has 0 bridgehead atoms. The summed E-state index contributed by atoms with van der Waals surface area (Å²) in [5.41, 5.74) is -0.0594. The molecular weight excluding hydrogens is 287 g/mol. The monoisotopic (exact) mass is 300 g/mol. The van der Waals surface area contributed by atoms with Gasteiger partial charge < -0.3 is 15.3 Å². The van der Waals surface area contributed by atoms with E-state index in [0.29, 0.717) is 34.7 Å². The minimum atomic E-state index is -0.658. The maximum Gasteiger partial charge on any atom is 0.322 e. The van der Waals surface area contributed by atoms with Crippen molar-refractivity contribution in [3.63, 3.8) is 0 Å². The number of nitrogens with one attached hydrogen (secondary N) is 1. The van der Waals surface area contributed by atoms with Crippen LogP contribution >= 0.6 is 23.2 Å². The van der Waals surface area contributed by atoms with Gasteiger partial charge in [0, 0.05) is 5.69 Å². The average molecular weight is 301 g/mol. The molecule has 0 atom stereocenters. The van der Waals surface area contributed by atoms with Gasteiger partial charge in [0.15, 0.2) is 0 Å². The van der Waals surface area contributed by atoms with Gasteiger partial charge in [0.2, 0.25) is 0 Å². The van der Waals surface area contributed by atoms with Gasteiger partial charge in [-0.15, -0.1) is 0 Å². The summed E-state index contributed by atoms with van der Waals surface area (Å²) in [5.74, 6) is 0.376. The zero-order chi connectivity index (χ0) is 13.6. The summed E-state index contributed by atoms with van der Waals surface area (Å²) in [5, 5.41) is 13.7. The Balaban J connectivity index is 1.58. The van der Waals surface area contributed by atoms with Crippen molar-refractivity contribution < 1.29 is 9.90 Å². The van der Waals surface area contributed by atoms with Gasteiger partial charge in [-0.1, -0.05) is 23.2 Å². The van der Waals surface area contributed by atoms with Crippen LogP contribution in [0.15, 0.2) is 18.2 Å². The summed E-state index contributed by atoms with van der Waals surface area (Å²) in [6.07, 6.45) is 2.14. The summed E-state index contributed by atoms with van der Waals surface area (Å²) in [7, 11) is 0. The molecule has 2 N–H and O–H groups in total. The molecule has 2 aliphatic rings. The molecule has 4 nitrogen and oxygen atoms in total. The zero-order valence-electron chi connectivity index (χ0n) is 10.2. The van der Waals surface area contributed by atoms with Gasteiger partial charge in [-0.2, -0.15) is 0 Å². The van der Waals surface area contributed by atoms with Crippen molar-refractivity contribution in [3.05, 3.63) is 28.2 Å². The molecule has 2 amide bonds. The van der Waals surface area contributed by atoms with Crippen LogP contribution in [0.5, 0.6) is 0 Å². The van der Waals surface area contributed by atoms with E-state index in [1.165, 1.54) is 0 Å². The average Bonchev–Trinajstić information content (AvgIpc) is 3.14. The Bertz CT molecular complexity index is 525. The number of rotatable bonds is 2. The van der Waals surface area contributed by atoms with Crippen LogP contribution in [0.1, 0.15) is 12.8 Å². The molecule has 1 aliphatic heterocycles. The number of likely N-dealkylation sites (tertiary alicyclic amines) is 1. The minimum absolute atomic E-state index is 0.219. The lowest BCUT2D eigenvalue weighted by molar-refractivity contribution is -0.0897. The molecule has 1 saturated carbocycles. The second kappa shape index (κ2) is 4.54. The molecular formula is C13H14Cl2N2O2. The van der Waals surface area contributed by atoms with Crippen LogP contribution in [-0.2, 0) is 0 Å². The highest BCUT2D eigenvalue weighted by atomic mass is 35.5. The second-order valence-corrected chi connectivity index (χ2v) is 6.11. The standard InChI is InChI=1S/C13H14Cl2N2O2/c14-10-4-3-9(5-11(10)15)16-12(18)17-6-13(19,7-17)8-1-2-8/h3-5,8,19H,1-2,6-7H2,(H,16,18). The molecule has 102 valence electrons. The number of β-amino-alcohol motifs (C(OH)–C–C–N with tert-alkyl or cyclic N) is 1. The topological polar surface area (TPSA) is 52.6 Å². The molecule has 1 aromatic carbocycles. The smallest absolute Gasteiger partial charge is 0.322 e. The Kier molecular flexibility index (Phi) is 3.12. The highest BCUT2D eigenvalue weighted by Crippen LogP contribution is 2.44. The SMILES string of the molecule is O=C(Nc1ccc(Cl)c(Cl)c1)N1CC(O)(C2CC2)C1. The number of anilines is 1. The van der Waals surface area contributed by atoms with Crippen molar-refractivity contribution in [3.8, 4) is 0 Å². The third-order valence-electron chi connectivity index (χ3n) is 3.72. The summed E-state index contributed by atoms with van der Waals surface area (Å²) in [4.78, 5) is 13.5. The molecule has 0 unspecified atom stereocenters. The van der Waals surface area contributed by atoms with Crippen LogP contribution < -0.4 is 5.32 Å². The fourth-order valence-corrected chi connectivity index (χ4v) is 2.71. The number of nitrogens with zero attached hydrogens (tertiary/aromatic N) is 1. The van der Waals surface area contributed by atoms with Crippen molar-refractivity contribution in [2.24, 2.45) is 5.92 Å². The molecule has 1 saturated heterocycles. The summed E-state index contributed by atoms with van der Waals surface area (Å²) < 4.78 is 0. The molecule has 0 spiro atoms. The first-order chi connectivity index (χ1) is 8.98. The Morgan fingerprint density at radius 1 is 1.32 bits per heavy atom. The summed E-state index contributed by atoms with van der Waals surface area (Å²) in [6, 6.07) is 4.72. The maximum atomic E-state index is 11.9. The van der Waals surface area contributed by atoms with E-state index in [4.69, 9.17) is 23.2 Å². The molecule has 1 heterocycles. The van der Waals surface area contributed by atoms with Crippen molar-refractivity contribution in [2.75, 3.05) is 18.4 Å². The van der Waals surface area contributed by atoms with Gasteiger partial charge in [0.1, 0.15) is 5.60 Å². The number of amides is 2. The lowest BCUT2D eigenvalue weighted by Crippen LogP contribution is -2.65. The largest absolute Gasteiger partial charge is 0.386 e. The fraction of sp³-hybridized carbons (Fsp3) is 0.462. The first-order valence-corrected chi connectivity index (χ1v) is 6.97. The van der Waals surface area contributed by atoms with Crippen molar-refractivity contribution >= 4 is 34.9 Å². The molecule has 1 aromatic rings. The third-order valence-corrected chi connectivity index (χ3v) is 4.46. The van der Waals surface area contributed by atoms with Gasteiger partial charge in [-0.3, -0.25) is 0 Å². The van der Waals surface area contributed by atoms with Gasteiger partial charge in [-0.25, -0.2) is 4.79 Å². The molecule has 0 aromatic heterocycles. The number of aliphatic hydroxyl groups is 1. The Labute approximate surface area is 121 Å². The number of hydrogen-bond acceptors (Lipinski definition) is 2. The van der Waals surface area contributed by atoms with Gasteiger partial charge in [-0.05, 0) is 37.0 Å². The first kappa shape index (κ1) is 13.0. The normalized spacial score (nSPS) is 20.9. The number of carbonyl (C=O) groups excluding carboxylic acids is 1.